The van der Waals surface area contributed by atoms with Gasteiger partial charge in [0.25, 0.3) is 11.5 Å². The van der Waals surface area contributed by atoms with Crippen LogP contribution in [0.1, 0.15) is 53.0 Å². The van der Waals surface area contributed by atoms with Gasteiger partial charge in [0, 0.05) is 38.7 Å². The molecule has 0 spiro atoms. The van der Waals surface area contributed by atoms with Crippen molar-refractivity contribution < 1.29 is 9.32 Å². The number of rotatable bonds is 8. The molecule has 0 fully saturated rings. The number of likely N-dealkylation sites (N-methyl/N-ethyl adjacent to an activating group) is 1. The fraction of sp³-hybridized carbons (Fsp3) is 0.391. The van der Waals surface area contributed by atoms with Crippen LogP contribution in [0, 0.1) is 6.92 Å². The van der Waals surface area contributed by atoms with Crippen LogP contribution in [-0.2, 0) is 19.4 Å². The minimum Gasteiger partial charge on any atom is -0.341 e. The third kappa shape index (κ3) is 5.03. The Labute approximate surface area is 176 Å². The quantitative estimate of drug-likeness (QED) is 0.572. The van der Waals surface area contributed by atoms with Gasteiger partial charge in [0.1, 0.15) is 5.56 Å². The highest BCUT2D eigenvalue weighted by molar-refractivity contribution is 5.95. The van der Waals surface area contributed by atoms with Gasteiger partial charge in [-0.15, -0.1) is 0 Å². The van der Waals surface area contributed by atoms with E-state index in [0.717, 1.165) is 12.0 Å². The van der Waals surface area contributed by atoms with Gasteiger partial charge in [0.15, 0.2) is 5.82 Å². The maximum atomic E-state index is 13.0. The van der Waals surface area contributed by atoms with Crippen LogP contribution in [0.4, 0.5) is 0 Å². The molecule has 0 aliphatic heterocycles. The number of nitrogens with zero attached hydrogens (tertiary/aromatic N) is 4. The lowest BCUT2D eigenvalue weighted by atomic mass is 10.1. The molecule has 2 aromatic heterocycles. The van der Waals surface area contributed by atoms with Crippen LogP contribution in [0.25, 0.3) is 0 Å². The summed E-state index contributed by atoms with van der Waals surface area (Å²) in [4.78, 5) is 31.9. The Morgan fingerprint density at radius 2 is 1.90 bits per heavy atom. The first-order valence-electron chi connectivity index (χ1n) is 10.2. The van der Waals surface area contributed by atoms with E-state index >= 15 is 0 Å². The number of hydrogen-bond acceptors (Lipinski definition) is 5. The lowest BCUT2D eigenvalue weighted by Crippen LogP contribution is -2.36. The minimum absolute atomic E-state index is 0.159. The zero-order chi connectivity index (χ0) is 21.7. The van der Waals surface area contributed by atoms with Crippen LogP contribution in [0.2, 0.25) is 0 Å². The van der Waals surface area contributed by atoms with E-state index in [1.54, 1.807) is 24.7 Å². The Hall–Kier alpha value is -3.22. The van der Waals surface area contributed by atoms with Gasteiger partial charge in [-0.1, -0.05) is 49.3 Å². The number of hydrogen-bond donors (Lipinski definition) is 0. The highest BCUT2D eigenvalue weighted by Crippen LogP contribution is 2.12. The molecular formula is C23H28N4O3. The van der Waals surface area contributed by atoms with Gasteiger partial charge >= 0.3 is 0 Å². The molecule has 0 radical (unpaired) electrons. The molecule has 3 aromatic rings. The van der Waals surface area contributed by atoms with E-state index in [9.17, 15) is 9.59 Å². The minimum atomic E-state index is -0.292. The second kappa shape index (κ2) is 9.52. The van der Waals surface area contributed by atoms with E-state index in [2.05, 4.69) is 10.1 Å². The van der Waals surface area contributed by atoms with Crippen molar-refractivity contribution in [3.63, 3.8) is 0 Å². The number of pyridine rings is 1. The molecule has 3 rings (SSSR count). The number of aryl methyl sites for hydroxylation is 3. The summed E-state index contributed by atoms with van der Waals surface area (Å²) >= 11 is 0. The Morgan fingerprint density at radius 1 is 1.17 bits per heavy atom. The molecule has 0 atom stereocenters. The second-order valence-corrected chi connectivity index (χ2v) is 7.79. The predicted octanol–water partition coefficient (Wildman–Crippen LogP) is 3.22. The number of amides is 1. The first kappa shape index (κ1) is 21.5. The number of carbonyl (C=O) groups is 1. The smallest absolute Gasteiger partial charge is 0.263 e. The van der Waals surface area contributed by atoms with Crippen LogP contribution >= 0.6 is 0 Å². The summed E-state index contributed by atoms with van der Waals surface area (Å²) in [5, 5.41) is 3.95. The van der Waals surface area contributed by atoms with E-state index in [4.69, 9.17) is 4.52 Å². The molecule has 7 heteroatoms. The van der Waals surface area contributed by atoms with Crippen molar-refractivity contribution in [2.75, 3.05) is 13.6 Å². The van der Waals surface area contributed by atoms with E-state index in [0.29, 0.717) is 36.8 Å². The van der Waals surface area contributed by atoms with Crippen molar-refractivity contribution >= 4 is 5.91 Å². The molecule has 2 heterocycles. The molecule has 0 saturated heterocycles. The van der Waals surface area contributed by atoms with E-state index in [-0.39, 0.29) is 22.9 Å². The van der Waals surface area contributed by atoms with Crippen molar-refractivity contribution in [1.29, 1.82) is 0 Å². The van der Waals surface area contributed by atoms with Crippen LogP contribution in [-0.4, -0.2) is 39.1 Å². The van der Waals surface area contributed by atoms with Crippen molar-refractivity contribution in [1.82, 2.24) is 19.6 Å². The predicted molar refractivity (Wildman–Crippen MR) is 115 cm³/mol. The number of benzene rings is 1. The molecule has 1 amide bonds. The monoisotopic (exact) mass is 408 g/mol. The van der Waals surface area contributed by atoms with E-state index in [1.165, 1.54) is 4.90 Å². The molecule has 30 heavy (non-hydrogen) atoms. The Kier molecular flexibility index (Phi) is 6.82. The first-order chi connectivity index (χ1) is 14.4. The number of carbonyl (C=O) groups excluding carboxylic acids is 1. The largest absolute Gasteiger partial charge is 0.341 e. The maximum absolute atomic E-state index is 13.0. The van der Waals surface area contributed by atoms with Gasteiger partial charge in [-0.05, 0) is 30.5 Å². The van der Waals surface area contributed by atoms with Gasteiger partial charge in [-0.2, -0.15) is 4.98 Å². The summed E-state index contributed by atoms with van der Waals surface area (Å²) < 4.78 is 6.81. The number of aromatic nitrogens is 3. The van der Waals surface area contributed by atoms with E-state index < -0.39 is 0 Å². The Balaban J connectivity index is 1.70. The second-order valence-electron chi connectivity index (χ2n) is 7.79. The average molecular weight is 409 g/mol. The molecule has 0 N–H and O–H groups in total. The zero-order valence-electron chi connectivity index (χ0n) is 18.0. The summed E-state index contributed by atoms with van der Waals surface area (Å²) in [5.74, 6) is 1.01. The van der Waals surface area contributed by atoms with Gasteiger partial charge < -0.3 is 14.0 Å². The fourth-order valence-electron chi connectivity index (χ4n) is 3.16. The Morgan fingerprint density at radius 3 is 2.57 bits per heavy atom. The summed E-state index contributed by atoms with van der Waals surface area (Å²) in [6.07, 6.45) is 2.94. The summed E-state index contributed by atoms with van der Waals surface area (Å²) in [7, 11) is 1.69. The van der Waals surface area contributed by atoms with Crippen molar-refractivity contribution in [2.45, 2.75) is 46.1 Å². The molecule has 0 aliphatic carbocycles. The Bertz CT molecular complexity index is 1050. The fourth-order valence-corrected chi connectivity index (χ4v) is 3.16. The summed E-state index contributed by atoms with van der Waals surface area (Å²) in [6.45, 7) is 6.67. The lowest BCUT2D eigenvalue weighted by Gasteiger charge is -2.18. The molecule has 0 unspecified atom stereocenters. The van der Waals surface area contributed by atoms with Gasteiger partial charge in [-0.3, -0.25) is 9.59 Å². The molecule has 158 valence electrons. The van der Waals surface area contributed by atoms with Crippen LogP contribution in [0.3, 0.4) is 0 Å². The average Bonchev–Trinajstić information content (AvgIpc) is 3.21. The molecule has 0 aliphatic rings. The van der Waals surface area contributed by atoms with Gasteiger partial charge in [0.05, 0.1) is 0 Å². The molecule has 0 bridgehead atoms. The highest BCUT2D eigenvalue weighted by Gasteiger charge is 2.20. The third-order valence-electron chi connectivity index (χ3n) is 5.07. The molecule has 1 aromatic carbocycles. The van der Waals surface area contributed by atoms with E-state index in [1.807, 2.05) is 50.2 Å². The molecule has 7 nitrogen and oxygen atoms in total. The molecule has 0 saturated carbocycles. The van der Waals surface area contributed by atoms with Crippen molar-refractivity contribution in [3.05, 3.63) is 81.4 Å². The van der Waals surface area contributed by atoms with Crippen LogP contribution in [0.5, 0.6) is 0 Å². The summed E-state index contributed by atoms with van der Waals surface area (Å²) in [6, 6.07) is 11.8. The third-order valence-corrected chi connectivity index (χ3v) is 5.07. The maximum Gasteiger partial charge on any atom is 0.263 e. The topological polar surface area (TPSA) is 81.2 Å². The molecular weight excluding hydrogens is 380 g/mol. The van der Waals surface area contributed by atoms with Gasteiger partial charge in [-0.25, -0.2) is 0 Å². The van der Waals surface area contributed by atoms with Crippen molar-refractivity contribution in [3.8, 4) is 0 Å². The SMILES string of the molecule is Cc1ccn(CCc2ccccc2)c(=O)c1C(=O)N(C)CCc1noc(C(C)C)n1. The first-order valence-corrected chi connectivity index (χ1v) is 10.2. The zero-order valence-corrected chi connectivity index (χ0v) is 18.0. The highest BCUT2D eigenvalue weighted by atomic mass is 16.5. The van der Waals surface area contributed by atoms with Crippen LogP contribution in [0.15, 0.2) is 51.9 Å². The van der Waals surface area contributed by atoms with Crippen LogP contribution < -0.4 is 5.56 Å². The normalized spacial score (nSPS) is 11.1. The van der Waals surface area contributed by atoms with Gasteiger partial charge in [0.2, 0.25) is 5.89 Å². The van der Waals surface area contributed by atoms with Crippen molar-refractivity contribution in [2.24, 2.45) is 0 Å². The summed E-state index contributed by atoms with van der Waals surface area (Å²) in [5.41, 5.74) is 1.78. The standard InChI is InChI=1S/C23H28N4O3/c1-16(2)21-24-19(25-30-21)12-13-26(4)22(28)20-17(3)10-14-27(23(20)29)15-11-18-8-6-5-7-9-18/h5-10,14,16H,11-13,15H2,1-4H3. The lowest BCUT2D eigenvalue weighted by molar-refractivity contribution is 0.0792.